The molecule has 0 N–H and O–H groups in total. The van der Waals surface area contributed by atoms with Crippen molar-refractivity contribution in [1.82, 2.24) is 4.98 Å². The van der Waals surface area contributed by atoms with Gasteiger partial charge in [0.05, 0.1) is 24.5 Å². The Kier molecular flexibility index (Phi) is 5.17. The first-order valence-corrected chi connectivity index (χ1v) is 9.73. The van der Waals surface area contributed by atoms with Crippen LogP contribution in [0.2, 0.25) is 0 Å². The standard InChI is InChI=1S/C25H24N2O2/c1-17-6-8-19(9-7-17)24-16-23-22(5-4-14-26-23)25(15-18(2)28)27(24)20-10-12-21(29-3)13-11-20/h4-14,16,25H,15H2,1-3H3. The molecule has 0 spiro atoms. The van der Waals surface area contributed by atoms with Gasteiger partial charge in [0, 0.05) is 23.9 Å². The van der Waals surface area contributed by atoms with Crippen LogP contribution in [0.5, 0.6) is 5.75 Å². The van der Waals surface area contributed by atoms with Crippen LogP contribution in [0, 0.1) is 6.92 Å². The first kappa shape index (κ1) is 18.9. The molecule has 0 aliphatic carbocycles. The molecule has 2 aromatic carbocycles. The Balaban J connectivity index is 1.91. The lowest BCUT2D eigenvalue weighted by molar-refractivity contribution is -0.117. The van der Waals surface area contributed by atoms with Crippen LogP contribution in [-0.2, 0) is 4.79 Å². The Morgan fingerprint density at radius 2 is 1.79 bits per heavy atom. The number of rotatable bonds is 5. The first-order chi connectivity index (χ1) is 14.1. The molecule has 0 bridgehead atoms. The van der Waals surface area contributed by atoms with Crippen molar-refractivity contribution in [2.75, 3.05) is 12.0 Å². The van der Waals surface area contributed by atoms with Crippen molar-refractivity contribution in [3.8, 4) is 5.75 Å². The fourth-order valence-electron chi connectivity index (χ4n) is 3.82. The summed E-state index contributed by atoms with van der Waals surface area (Å²) in [7, 11) is 1.66. The Hall–Kier alpha value is -3.40. The lowest BCUT2D eigenvalue weighted by Crippen LogP contribution is -2.32. The van der Waals surface area contributed by atoms with Gasteiger partial charge in [-0.2, -0.15) is 0 Å². The van der Waals surface area contributed by atoms with Crippen molar-refractivity contribution in [2.45, 2.75) is 26.3 Å². The van der Waals surface area contributed by atoms with Gasteiger partial charge in [-0.15, -0.1) is 0 Å². The number of aromatic nitrogens is 1. The van der Waals surface area contributed by atoms with Crippen LogP contribution in [-0.4, -0.2) is 17.9 Å². The molecule has 1 aromatic heterocycles. The molecule has 2 heterocycles. The fourth-order valence-corrected chi connectivity index (χ4v) is 3.82. The second kappa shape index (κ2) is 7.92. The van der Waals surface area contributed by atoms with Crippen LogP contribution in [0.4, 0.5) is 5.69 Å². The second-order valence-corrected chi connectivity index (χ2v) is 7.36. The normalized spacial score (nSPS) is 15.5. The Morgan fingerprint density at radius 3 is 2.45 bits per heavy atom. The molecule has 1 aliphatic rings. The summed E-state index contributed by atoms with van der Waals surface area (Å²) in [6.45, 7) is 3.72. The zero-order valence-corrected chi connectivity index (χ0v) is 16.9. The van der Waals surface area contributed by atoms with Crippen molar-refractivity contribution >= 4 is 23.2 Å². The maximum Gasteiger partial charge on any atom is 0.132 e. The molecule has 29 heavy (non-hydrogen) atoms. The molecule has 146 valence electrons. The average Bonchev–Trinajstić information content (AvgIpc) is 2.74. The number of aryl methyl sites for hydroxylation is 1. The van der Waals surface area contributed by atoms with Crippen molar-refractivity contribution in [2.24, 2.45) is 0 Å². The number of methoxy groups -OCH3 is 1. The zero-order chi connectivity index (χ0) is 20.4. The predicted octanol–water partition coefficient (Wildman–Crippen LogP) is 5.44. The van der Waals surface area contributed by atoms with E-state index in [1.165, 1.54) is 5.56 Å². The van der Waals surface area contributed by atoms with E-state index in [0.29, 0.717) is 6.42 Å². The largest absolute Gasteiger partial charge is 0.497 e. The van der Waals surface area contributed by atoms with Crippen LogP contribution in [0.25, 0.3) is 11.8 Å². The summed E-state index contributed by atoms with van der Waals surface area (Å²) in [5.74, 6) is 0.949. The number of benzene rings is 2. The third-order valence-corrected chi connectivity index (χ3v) is 5.25. The molecule has 0 saturated carbocycles. The van der Waals surface area contributed by atoms with Crippen molar-refractivity contribution in [1.29, 1.82) is 0 Å². The topological polar surface area (TPSA) is 42.4 Å². The Labute approximate surface area is 171 Å². The molecule has 1 atom stereocenters. The number of hydrogen-bond acceptors (Lipinski definition) is 4. The number of ether oxygens (including phenoxy) is 1. The predicted molar refractivity (Wildman–Crippen MR) is 117 cm³/mol. The zero-order valence-electron chi connectivity index (χ0n) is 16.9. The molecule has 0 radical (unpaired) electrons. The van der Waals surface area contributed by atoms with Crippen LogP contribution in [0.1, 0.15) is 41.8 Å². The molecular formula is C25H24N2O2. The number of fused-ring (bicyclic) bond motifs is 1. The molecule has 4 nitrogen and oxygen atoms in total. The van der Waals surface area contributed by atoms with Gasteiger partial charge < -0.3 is 9.64 Å². The van der Waals surface area contributed by atoms with Gasteiger partial charge in [0.1, 0.15) is 11.5 Å². The van der Waals surface area contributed by atoms with Gasteiger partial charge in [0.15, 0.2) is 0 Å². The molecule has 1 unspecified atom stereocenters. The Bertz CT molecular complexity index is 1050. The van der Waals surface area contributed by atoms with Gasteiger partial charge >= 0.3 is 0 Å². The quantitative estimate of drug-likeness (QED) is 0.588. The third-order valence-electron chi connectivity index (χ3n) is 5.25. The highest BCUT2D eigenvalue weighted by Crippen LogP contribution is 2.43. The SMILES string of the molecule is COc1ccc(N2C(c3ccc(C)cc3)=Cc3ncccc3C2CC(C)=O)cc1. The van der Waals surface area contributed by atoms with Gasteiger partial charge in [-0.1, -0.05) is 35.9 Å². The van der Waals surface area contributed by atoms with Crippen molar-refractivity contribution < 1.29 is 9.53 Å². The minimum atomic E-state index is -0.120. The highest BCUT2D eigenvalue weighted by Gasteiger charge is 2.32. The second-order valence-electron chi connectivity index (χ2n) is 7.36. The first-order valence-electron chi connectivity index (χ1n) is 9.73. The van der Waals surface area contributed by atoms with E-state index in [-0.39, 0.29) is 11.8 Å². The van der Waals surface area contributed by atoms with E-state index in [2.05, 4.69) is 53.2 Å². The highest BCUT2D eigenvalue weighted by atomic mass is 16.5. The maximum atomic E-state index is 12.2. The van der Waals surface area contributed by atoms with E-state index >= 15 is 0 Å². The molecular weight excluding hydrogens is 360 g/mol. The summed E-state index contributed by atoms with van der Waals surface area (Å²) in [5.41, 5.74) is 6.33. The molecule has 4 rings (SSSR count). The molecule has 3 aromatic rings. The number of carbonyl (C=O) groups is 1. The summed E-state index contributed by atoms with van der Waals surface area (Å²) in [6.07, 6.45) is 4.32. The van der Waals surface area contributed by atoms with E-state index in [1.807, 2.05) is 30.3 Å². The molecule has 4 heteroatoms. The van der Waals surface area contributed by atoms with Gasteiger partial charge in [-0.3, -0.25) is 9.78 Å². The van der Waals surface area contributed by atoms with Gasteiger partial charge in [0.25, 0.3) is 0 Å². The average molecular weight is 384 g/mol. The molecule has 0 saturated heterocycles. The summed E-state index contributed by atoms with van der Waals surface area (Å²) >= 11 is 0. The monoisotopic (exact) mass is 384 g/mol. The van der Waals surface area contributed by atoms with Crippen LogP contribution in [0.3, 0.4) is 0 Å². The van der Waals surface area contributed by atoms with Gasteiger partial charge in [-0.25, -0.2) is 0 Å². The van der Waals surface area contributed by atoms with E-state index in [0.717, 1.165) is 34.0 Å². The Morgan fingerprint density at radius 1 is 1.07 bits per heavy atom. The fraction of sp³-hybridized carbons (Fsp3) is 0.200. The van der Waals surface area contributed by atoms with E-state index in [1.54, 1.807) is 20.2 Å². The number of anilines is 1. The smallest absolute Gasteiger partial charge is 0.132 e. The number of Topliss-reactive ketones (excluding diaryl/α,β-unsaturated/α-hetero) is 1. The molecule has 1 aliphatic heterocycles. The van der Waals surface area contributed by atoms with E-state index in [4.69, 9.17) is 4.74 Å². The molecule has 0 fully saturated rings. The van der Waals surface area contributed by atoms with Crippen LogP contribution < -0.4 is 9.64 Å². The highest BCUT2D eigenvalue weighted by molar-refractivity contribution is 5.94. The van der Waals surface area contributed by atoms with Gasteiger partial charge in [-0.05, 0) is 55.8 Å². The summed E-state index contributed by atoms with van der Waals surface area (Å²) in [4.78, 5) is 19.0. The minimum absolute atomic E-state index is 0.120. The van der Waals surface area contributed by atoms with Crippen molar-refractivity contribution in [3.05, 3.63) is 89.2 Å². The number of ketones is 1. The lowest BCUT2D eigenvalue weighted by Gasteiger charge is -2.39. The summed E-state index contributed by atoms with van der Waals surface area (Å²) in [6, 6.07) is 20.3. The number of pyridine rings is 1. The summed E-state index contributed by atoms with van der Waals surface area (Å²) < 4.78 is 5.33. The number of carbonyl (C=O) groups excluding carboxylic acids is 1. The third kappa shape index (κ3) is 3.79. The molecule has 0 amide bonds. The van der Waals surface area contributed by atoms with Crippen LogP contribution >= 0.6 is 0 Å². The summed E-state index contributed by atoms with van der Waals surface area (Å²) in [5, 5.41) is 0. The lowest BCUT2D eigenvalue weighted by atomic mass is 9.91. The van der Waals surface area contributed by atoms with Crippen LogP contribution in [0.15, 0.2) is 66.9 Å². The van der Waals surface area contributed by atoms with E-state index in [9.17, 15) is 4.79 Å². The van der Waals surface area contributed by atoms with Gasteiger partial charge in [0.2, 0.25) is 0 Å². The maximum absolute atomic E-state index is 12.2. The number of nitrogens with zero attached hydrogens (tertiary/aromatic N) is 2. The van der Waals surface area contributed by atoms with E-state index < -0.39 is 0 Å². The minimum Gasteiger partial charge on any atom is -0.497 e. The number of hydrogen-bond donors (Lipinski definition) is 0. The van der Waals surface area contributed by atoms with Crippen molar-refractivity contribution in [3.63, 3.8) is 0 Å².